The van der Waals surface area contributed by atoms with E-state index >= 15 is 0 Å². The number of carbonyl (C=O) groups excluding carboxylic acids is 2. The van der Waals surface area contributed by atoms with Crippen molar-refractivity contribution in [2.75, 3.05) is 20.8 Å². The number of imidazole rings is 1. The third-order valence-electron chi connectivity index (χ3n) is 8.73. The van der Waals surface area contributed by atoms with Crippen molar-refractivity contribution in [3.05, 3.63) is 53.9 Å². The van der Waals surface area contributed by atoms with Gasteiger partial charge in [0.2, 0.25) is 11.8 Å². The Balaban J connectivity index is 1.28. The van der Waals surface area contributed by atoms with Crippen LogP contribution in [0.1, 0.15) is 75.6 Å². The Kier molecular flexibility index (Phi) is 9.80. The number of methoxy groups -OCH3 is 2. The van der Waals surface area contributed by atoms with Gasteiger partial charge in [-0.05, 0) is 55.5 Å². The molecule has 2 amide bonds. The lowest BCUT2D eigenvalue weighted by atomic mass is 9.88. The minimum atomic E-state index is -0.0725. The third-order valence-corrected chi connectivity index (χ3v) is 8.73. The summed E-state index contributed by atoms with van der Waals surface area (Å²) in [5, 5.41) is 3.04. The minimum Gasteiger partial charge on any atom is -0.493 e. The van der Waals surface area contributed by atoms with Gasteiger partial charge in [0.05, 0.1) is 31.7 Å². The standard InChI is InChI=1S/C33H44N4O4/c1-40-29-18-17-24(21-30(29)41-2)22-32(38)34-20-19-31-35-27-15-9-10-16-28(27)36(31)23-33(39)37(25-11-5-3-6-12-25)26-13-7-4-8-14-26/h9-10,15-18,21,25-26H,3-8,11-14,19-20,22-23H2,1-2H3,(H,34,38). The predicted octanol–water partition coefficient (Wildman–Crippen LogP) is 5.45. The van der Waals surface area contributed by atoms with Gasteiger partial charge < -0.3 is 24.3 Å². The molecule has 1 heterocycles. The topological polar surface area (TPSA) is 85.7 Å². The van der Waals surface area contributed by atoms with Gasteiger partial charge in [0.15, 0.2) is 11.5 Å². The quantitative estimate of drug-likeness (QED) is 0.337. The molecule has 0 radical (unpaired) electrons. The molecule has 1 aromatic heterocycles. The van der Waals surface area contributed by atoms with Crippen molar-refractivity contribution in [2.24, 2.45) is 0 Å². The highest BCUT2D eigenvalue weighted by Gasteiger charge is 2.33. The van der Waals surface area contributed by atoms with Crippen LogP contribution in [0.15, 0.2) is 42.5 Å². The second kappa shape index (κ2) is 13.9. The molecule has 3 aromatic rings. The summed E-state index contributed by atoms with van der Waals surface area (Å²) in [7, 11) is 3.18. The molecule has 0 unspecified atom stereocenters. The van der Waals surface area contributed by atoms with Crippen molar-refractivity contribution in [1.29, 1.82) is 0 Å². The van der Waals surface area contributed by atoms with Gasteiger partial charge in [0.25, 0.3) is 0 Å². The van der Waals surface area contributed by atoms with Crippen molar-refractivity contribution in [3.8, 4) is 11.5 Å². The average Bonchev–Trinajstić information content (AvgIpc) is 3.35. The molecule has 0 aliphatic heterocycles. The Bertz CT molecular complexity index is 1310. The number of nitrogens with one attached hydrogen (secondary N) is 1. The molecule has 2 aromatic carbocycles. The Hall–Kier alpha value is -3.55. The van der Waals surface area contributed by atoms with E-state index in [1.54, 1.807) is 14.2 Å². The second-order valence-corrected chi connectivity index (χ2v) is 11.5. The van der Waals surface area contributed by atoms with Crippen LogP contribution >= 0.6 is 0 Å². The molecule has 0 atom stereocenters. The maximum atomic E-state index is 14.1. The van der Waals surface area contributed by atoms with Crippen LogP contribution in [0.2, 0.25) is 0 Å². The molecule has 0 bridgehead atoms. The molecule has 2 aliphatic rings. The number of para-hydroxylation sites is 2. The van der Waals surface area contributed by atoms with Crippen LogP contribution in [0.25, 0.3) is 11.0 Å². The first-order chi connectivity index (χ1) is 20.1. The summed E-state index contributed by atoms with van der Waals surface area (Å²) in [6, 6.07) is 14.2. The van der Waals surface area contributed by atoms with Crippen LogP contribution in [-0.4, -0.2) is 59.1 Å². The summed E-state index contributed by atoms with van der Waals surface area (Å²) >= 11 is 0. The normalized spacial score (nSPS) is 16.4. The molecule has 2 saturated carbocycles. The van der Waals surface area contributed by atoms with E-state index in [0.717, 1.165) is 48.1 Å². The number of rotatable bonds is 11. The molecular formula is C33H44N4O4. The van der Waals surface area contributed by atoms with E-state index in [9.17, 15) is 9.59 Å². The molecule has 0 spiro atoms. The predicted molar refractivity (Wildman–Crippen MR) is 160 cm³/mol. The lowest BCUT2D eigenvalue weighted by molar-refractivity contribution is -0.138. The first-order valence-corrected chi connectivity index (χ1v) is 15.3. The van der Waals surface area contributed by atoms with Gasteiger partial charge in [-0.25, -0.2) is 4.98 Å². The fourth-order valence-corrected chi connectivity index (χ4v) is 6.69. The first-order valence-electron chi connectivity index (χ1n) is 15.3. The number of benzene rings is 2. The van der Waals surface area contributed by atoms with E-state index in [2.05, 4.69) is 14.8 Å². The maximum Gasteiger partial charge on any atom is 0.243 e. The molecule has 5 rings (SSSR count). The monoisotopic (exact) mass is 560 g/mol. The number of nitrogens with zero attached hydrogens (tertiary/aromatic N) is 3. The van der Waals surface area contributed by atoms with Gasteiger partial charge in [-0.3, -0.25) is 9.59 Å². The highest BCUT2D eigenvalue weighted by Crippen LogP contribution is 2.31. The summed E-state index contributed by atoms with van der Waals surface area (Å²) in [4.78, 5) is 34.0. The number of carbonyl (C=O) groups is 2. The SMILES string of the molecule is COc1ccc(CC(=O)NCCc2nc3ccccc3n2CC(=O)N(C2CCCCC2)C2CCCCC2)cc1OC. The zero-order valence-corrected chi connectivity index (χ0v) is 24.6. The molecule has 0 saturated heterocycles. The number of ether oxygens (including phenoxy) is 2. The molecule has 8 heteroatoms. The highest BCUT2D eigenvalue weighted by molar-refractivity contribution is 5.82. The van der Waals surface area contributed by atoms with Gasteiger partial charge >= 0.3 is 0 Å². The fraction of sp³-hybridized carbons (Fsp3) is 0.545. The van der Waals surface area contributed by atoms with Crippen molar-refractivity contribution in [1.82, 2.24) is 19.8 Å². The van der Waals surface area contributed by atoms with E-state index in [0.29, 0.717) is 43.1 Å². The zero-order chi connectivity index (χ0) is 28.6. The van der Waals surface area contributed by atoms with E-state index in [1.165, 1.54) is 38.5 Å². The van der Waals surface area contributed by atoms with Crippen molar-refractivity contribution in [2.45, 2.75) is 95.7 Å². The van der Waals surface area contributed by atoms with E-state index in [1.807, 2.05) is 42.5 Å². The Morgan fingerprint density at radius 2 is 1.56 bits per heavy atom. The van der Waals surface area contributed by atoms with Crippen LogP contribution in [0.4, 0.5) is 0 Å². The Morgan fingerprint density at radius 1 is 0.902 bits per heavy atom. The summed E-state index contributed by atoms with van der Waals surface area (Å²) in [5.41, 5.74) is 2.71. The second-order valence-electron chi connectivity index (χ2n) is 11.5. The molecule has 2 fully saturated rings. The minimum absolute atomic E-state index is 0.0725. The molecule has 220 valence electrons. The van der Waals surface area contributed by atoms with Crippen LogP contribution in [-0.2, 0) is 29.0 Å². The number of hydrogen-bond donors (Lipinski definition) is 1. The Labute approximate surface area is 243 Å². The average molecular weight is 561 g/mol. The molecule has 8 nitrogen and oxygen atoms in total. The number of aromatic nitrogens is 2. The number of amides is 2. The van der Waals surface area contributed by atoms with E-state index in [4.69, 9.17) is 14.5 Å². The van der Waals surface area contributed by atoms with Gasteiger partial charge in [-0.2, -0.15) is 0 Å². The molecule has 2 aliphatic carbocycles. The Morgan fingerprint density at radius 3 is 2.22 bits per heavy atom. The van der Waals surface area contributed by atoms with Gasteiger partial charge in [-0.15, -0.1) is 0 Å². The summed E-state index contributed by atoms with van der Waals surface area (Å²) in [5.74, 6) is 2.21. The van der Waals surface area contributed by atoms with Crippen molar-refractivity contribution >= 4 is 22.8 Å². The van der Waals surface area contributed by atoms with Crippen molar-refractivity contribution in [3.63, 3.8) is 0 Å². The molecular weight excluding hydrogens is 516 g/mol. The zero-order valence-electron chi connectivity index (χ0n) is 24.6. The molecule has 1 N–H and O–H groups in total. The van der Waals surface area contributed by atoms with Crippen LogP contribution in [0.3, 0.4) is 0 Å². The summed E-state index contributed by atoms with van der Waals surface area (Å²) < 4.78 is 12.7. The van der Waals surface area contributed by atoms with E-state index < -0.39 is 0 Å². The van der Waals surface area contributed by atoms with Crippen molar-refractivity contribution < 1.29 is 19.1 Å². The smallest absolute Gasteiger partial charge is 0.243 e. The molecule has 41 heavy (non-hydrogen) atoms. The number of hydrogen-bond acceptors (Lipinski definition) is 5. The van der Waals surface area contributed by atoms with Gasteiger partial charge in [-0.1, -0.05) is 56.7 Å². The van der Waals surface area contributed by atoms with E-state index in [-0.39, 0.29) is 18.2 Å². The van der Waals surface area contributed by atoms with Crippen LogP contribution < -0.4 is 14.8 Å². The first kappa shape index (κ1) is 29.0. The number of fused-ring (bicyclic) bond motifs is 1. The lowest BCUT2D eigenvalue weighted by Gasteiger charge is -2.42. The lowest BCUT2D eigenvalue weighted by Crippen LogP contribution is -2.50. The third kappa shape index (κ3) is 7.03. The largest absolute Gasteiger partial charge is 0.493 e. The van der Waals surface area contributed by atoms with Gasteiger partial charge in [0, 0.05) is 25.0 Å². The summed E-state index contributed by atoms with van der Waals surface area (Å²) in [6.07, 6.45) is 12.7. The highest BCUT2D eigenvalue weighted by atomic mass is 16.5. The maximum absolute atomic E-state index is 14.1. The fourth-order valence-electron chi connectivity index (χ4n) is 6.69. The van der Waals surface area contributed by atoms with Gasteiger partial charge in [0.1, 0.15) is 12.4 Å². The van der Waals surface area contributed by atoms with Crippen LogP contribution in [0.5, 0.6) is 11.5 Å². The van der Waals surface area contributed by atoms with Crippen LogP contribution in [0, 0.1) is 0 Å². The summed E-state index contributed by atoms with van der Waals surface area (Å²) in [6.45, 7) is 0.737.